The Morgan fingerprint density at radius 1 is 1.04 bits per heavy atom. The molecule has 1 aromatic carbocycles. The first-order valence-corrected chi connectivity index (χ1v) is 8.65. The number of carbonyl (C=O) groups excluding carboxylic acids is 2. The molecule has 0 aliphatic heterocycles. The molecule has 0 fully saturated rings. The van der Waals surface area contributed by atoms with E-state index in [1.165, 1.54) is 5.56 Å². The zero-order valence-electron chi connectivity index (χ0n) is 16.5. The van der Waals surface area contributed by atoms with Crippen molar-refractivity contribution in [3.8, 4) is 5.75 Å². The summed E-state index contributed by atoms with van der Waals surface area (Å²) >= 11 is 0. The number of carbonyl (C=O) groups is 2. The number of benzene rings is 1. The van der Waals surface area contributed by atoms with Crippen molar-refractivity contribution in [2.75, 3.05) is 19.8 Å². The third kappa shape index (κ3) is 6.77. The van der Waals surface area contributed by atoms with E-state index in [4.69, 9.17) is 9.47 Å². The zero-order valence-corrected chi connectivity index (χ0v) is 16.5. The van der Waals surface area contributed by atoms with Crippen LogP contribution in [0.2, 0.25) is 0 Å². The van der Waals surface area contributed by atoms with Gasteiger partial charge in [0.15, 0.2) is 6.61 Å². The molecule has 0 aromatic heterocycles. The van der Waals surface area contributed by atoms with Crippen LogP contribution in [0.25, 0.3) is 0 Å². The van der Waals surface area contributed by atoms with Gasteiger partial charge >= 0.3 is 5.97 Å². The van der Waals surface area contributed by atoms with E-state index in [0.29, 0.717) is 12.4 Å². The van der Waals surface area contributed by atoms with Gasteiger partial charge in [0.2, 0.25) is 0 Å². The monoisotopic (exact) mass is 349 g/mol. The SMILES string of the molecule is CCOC(=O)CNC(=O)COc1ccc(C(C)(C)C)cc1C(C)(C)C. The van der Waals surface area contributed by atoms with Crippen molar-refractivity contribution in [1.82, 2.24) is 5.32 Å². The standard InChI is InChI=1S/C20H31NO4/c1-8-24-18(23)12-21-17(22)13-25-16-10-9-14(19(2,3)4)11-15(16)20(5,6)7/h9-11H,8,12-13H2,1-7H3,(H,21,22). The van der Waals surface area contributed by atoms with Gasteiger partial charge < -0.3 is 14.8 Å². The number of amides is 1. The van der Waals surface area contributed by atoms with Gasteiger partial charge in [0.1, 0.15) is 12.3 Å². The second-order valence-electron chi connectivity index (χ2n) is 8.08. The number of rotatable bonds is 6. The molecule has 140 valence electrons. The van der Waals surface area contributed by atoms with Crippen molar-refractivity contribution in [3.05, 3.63) is 29.3 Å². The van der Waals surface area contributed by atoms with Crippen molar-refractivity contribution in [2.45, 2.75) is 59.3 Å². The highest BCUT2D eigenvalue weighted by Crippen LogP contribution is 2.35. The summed E-state index contributed by atoms with van der Waals surface area (Å²) in [6.07, 6.45) is 0. The van der Waals surface area contributed by atoms with E-state index in [2.05, 4.69) is 52.9 Å². The molecule has 0 heterocycles. The molecule has 1 aromatic rings. The average Bonchev–Trinajstić information content (AvgIpc) is 2.49. The summed E-state index contributed by atoms with van der Waals surface area (Å²) in [4.78, 5) is 23.1. The molecular formula is C20H31NO4. The van der Waals surface area contributed by atoms with Crippen LogP contribution >= 0.6 is 0 Å². The molecule has 5 nitrogen and oxygen atoms in total. The Morgan fingerprint density at radius 2 is 1.68 bits per heavy atom. The van der Waals surface area contributed by atoms with E-state index in [-0.39, 0.29) is 29.9 Å². The van der Waals surface area contributed by atoms with Crippen molar-refractivity contribution >= 4 is 11.9 Å². The Bertz CT molecular complexity index is 609. The summed E-state index contributed by atoms with van der Waals surface area (Å²) in [6, 6.07) is 6.09. The molecule has 1 amide bonds. The van der Waals surface area contributed by atoms with E-state index < -0.39 is 5.97 Å². The largest absolute Gasteiger partial charge is 0.483 e. The summed E-state index contributed by atoms with van der Waals surface area (Å²) < 4.78 is 10.5. The normalized spacial score (nSPS) is 11.8. The Labute approximate surface area is 151 Å². The highest BCUT2D eigenvalue weighted by atomic mass is 16.5. The molecule has 25 heavy (non-hydrogen) atoms. The Morgan fingerprint density at radius 3 is 2.20 bits per heavy atom. The van der Waals surface area contributed by atoms with E-state index in [1.54, 1.807) is 6.92 Å². The molecule has 0 spiro atoms. The maximum atomic E-state index is 11.9. The van der Waals surface area contributed by atoms with Gasteiger partial charge in [-0.3, -0.25) is 9.59 Å². The molecule has 1 N–H and O–H groups in total. The first kappa shape index (κ1) is 21.0. The van der Waals surface area contributed by atoms with Crippen LogP contribution in [-0.2, 0) is 25.2 Å². The second-order valence-corrected chi connectivity index (χ2v) is 8.08. The summed E-state index contributed by atoms with van der Waals surface area (Å²) in [6.45, 7) is 14.6. The van der Waals surface area contributed by atoms with Crippen LogP contribution in [0.1, 0.15) is 59.6 Å². The minimum Gasteiger partial charge on any atom is -0.483 e. The van der Waals surface area contributed by atoms with Gasteiger partial charge in [-0.05, 0) is 34.9 Å². The van der Waals surface area contributed by atoms with E-state index >= 15 is 0 Å². The molecule has 0 bridgehead atoms. The lowest BCUT2D eigenvalue weighted by Gasteiger charge is -2.27. The van der Waals surface area contributed by atoms with Gasteiger partial charge in [0, 0.05) is 0 Å². The number of hydrogen-bond acceptors (Lipinski definition) is 4. The predicted molar refractivity (Wildman–Crippen MR) is 99.0 cm³/mol. The maximum Gasteiger partial charge on any atom is 0.325 e. The highest BCUT2D eigenvalue weighted by molar-refractivity contribution is 5.82. The van der Waals surface area contributed by atoms with Crippen molar-refractivity contribution in [1.29, 1.82) is 0 Å². The molecule has 0 aliphatic carbocycles. The van der Waals surface area contributed by atoms with Gasteiger partial charge in [-0.25, -0.2) is 0 Å². The minimum atomic E-state index is -0.458. The van der Waals surface area contributed by atoms with Gasteiger partial charge in [0.25, 0.3) is 5.91 Å². The zero-order chi connectivity index (χ0) is 19.3. The van der Waals surface area contributed by atoms with Crippen LogP contribution in [-0.4, -0.2) is 31.6 Å². The molecule has 0 atom stereocenters. The molecule has 0 aliphatic rings. The molecule has 0 unspecified atom stereocenters. The van der Waals surface area contributed by atoms with Crippen LogP contribution in [0.15, 0.2) is 18.2 Å². The van der Waals surface area contributed by atoms with E-state index in [9.17, 15) is 9.59 Å². The van der Waals surface area contributed by atoms with E-state index in [0.717, 1.165) is 5.56 Å². The number of nitrogens with one attached hydrogen (secondary N) is 1. The number of hydrogen-bond donors (Lipinski definition) is 1. The second kappa shape index (κ2) is 8.37. The van der Waals surface area contributed by atoms with Crippen molar-refractivity contribution in [2.24, 2.45) is 0 Å². The van der Waals surface area contributed by atoms with Gasteiger partial charge in [-0.15, -0.1) is 0 Å². The lowest BCUT2D eigenvalue weighted by molar-refractivity contribution is -0.143. The molecule has 0 radical (unpaired) electrons. The van der Waals surface area contributed by atoms with Gasteiger partial charge in [0.05, 0.1) is 6.61 Å². The van der Waals surface area contributed by atoms with Crippen LogP contribution in [0.4, 0.5) is 0 Å². The summed E-state index contributed by atoms with van der Waals surface area (Å²) in [7, 11) is 0. The summed E-state index contributed by atoms with van der Waals surface area (Å²) in [5.74, 6) is -0.125. The fourth-order valence-electron chi connectivity index (χ4n) is 2.29. The molecule has 0 saturated carbocycles. The first-order valence-electron chi connectivity index (χ1n) is 8.65. The maximum absolute atomic E-state index is 11.9. The van der Waals surface area contributed by atoms with Gasteiger partial charge in [-0.1, -0.05) is 53.7 Å². The number of esters is 1. The average molecular weight is 349 g/mol. The summed E-state index contributed by atoms with van der Waals surface area (Å²) in [5, 5.41) is 2.49. The van der Waals surface area contributed by atoms with Crippen LogP contribution in [0.3, 0.4) is 0 Å². The Kier molecular flexibility index (Phi) is 7.03. The predicted octanol–water partition coefficient (Wildman–Crippen LogP) is 3.34. The highest BCUT2D eigenvalue weighted by Gasteiger charge is 2.23. The lowest BCUT2D eigenvalue weighted by Crippen LogP contribution is -2.34. The smallest absolute Gasteiger partial charge is 0.325 e. The molecular weight excluding hydrogens is 318 g/mol. The lowest BCUT2D eigenvalue weighted by atomic mass is 9.80. The summed E-state index contributed by atoms with van der Waals surface area (Å²) in [5.41, 5.74) is 2.20. The third-order valence-electron chi connectivity index (χ3n) is 3.75. The number of ether oxygens (including phenoxy) is 2. The topological polar surface area (TPSA) is 64.6 Å². The van der Waals surface area contributed by atoms with Crippen molar-refractivity contribution in [3.63, 3.8) is 0 Å². The first-order chi connectivity index (χ1) is 11.4. The molecule has 5 heteroatoms. The molecule has 1 rings (SSSR count). The molecule has 0 saturated heterocycles. The van der Waals surface area contributed by atoms with Crippen LogP contribution < -0.4 is 10.1 Å². The quantitative estimate of drug-likeness (QED) is 0.800. The Balaban J connectivity index is 2.81. The third-order valence-corrected chi connectivity index (χ3v) is 3.75. The van der Waals surface area contributed by atoms with Crippen LogP contribution in [0, 0.1) is 0 Å². The van der Waals surface area contributed by atoms with E-state index in [1.807, 2.05) is 12.1 Å². The fourth-order valence-corrected chi connectivity index (χ4v) is 2.29. The van der Waals surface area contributed by atoms with Crippen molar-refractivity contribution < 1.29 is 19.1 Å². The minimum absolute atomic E-state index is 0.0372. The Hall–Kier alpha value is -2.04. The van der Waals surface area contributed by atoms with Crippen LogP contribution in [0.5, 0.6) is 5.75 Å². The van der Waals surface area contributed by atoms with Gasteiger partial charge in [-0.2, -0.15) is 0 Å². The fraction of sp³-hybridized carbons (Fsp3) is 0.600.